The molecule has 0 unspecified atom stereocenters. The number of hydrogen-bond donors (Lipinski definition) is 1. The Morgan fingerprint density at radius 3 is 2.08 bits per heavy atom. The molecule has 4 aromatic carbocycles. The van der Waals surface area contributed by atoms with Crippen molar-refractivity contribution in [1.29, 1.82) is 0 Å². The van der Waals surface area contributed by atoms with Crippen LogP contribution in [0.25, 0.3) is 0 Å². The Kier molecular flexibility index (Phi) is 8.23. The van der Waals surface area contributed by atoms with Crippen LogP contribution in [0.1, 0.15) is 42.3 Å². The molecule has 0 heterocycles. The Hall–Kier alpha value is -3.94. The van der Waals surface area contributed by atoms with Gasteiger partial charge in [-0.15, -0.1) is 0 Å². The lowest BCUT2D eigenvalue weighted by atomic mass is 9.86. The third-order valence-electron chi connectivity index (χ3n) is 6.16. The maximum absolute atomic E-state index is 13.5. The average Bonchev–Trinajstić information content (AvgIpc) is 2.92. The largest absolute Gasteiger partial charge is 0.324 e. The second kappa shape index (κ2) is 11.4. The van der Waals surface area contributed by atoms with Crippen LogP contribution in [-0.4, -0.2) is 26.7 Å². The number of sulfonamides is 1. The molecule has 0 bridgehead atoms. The number of carbonyl (C=O) groups excluding carboxylic acids is 2. The van der Waals surface area contributed by atoms with E-state index in [0.717, 1.165) is 9.87 Å². The summed E-state index contributed by atoms with van der Waals surface area (Å²) in [5, 5.41) is 2.91. The molecule has 1 N–H and O–H groups in total. The van der Waals surface area contributed by atoms with Crippen LogP contribution in [0.5, 0.6) is 0 Å². The van der Waals surface area contributed by atoms with E-state index in [9.17, 15) is 18.0 Å². The molecule has 4 rings (SSSR count). The summed E-state index contributed by atoms with van der Waals surface area (Å²) in [7, 11) is -4.10. The minimum absolute atomic E-state index is 0.0301. The second-order valence-corrected chi connectivity index (χ2v) is 12.3. The molecule has 0 fully saturated rings. The van der Waals surface area contributed by atoms with E-state index in [1.165, 1.54) is 12.1 Å². The second-order valence-electron chi connectivity index (χ2n) is 10.1. The molecule has 0 saturated carbocycles. The van der Waals surface area contributed by atoms with Crippen molar-refractivity contribution in [2.24, 2.45) is 0 Å². The molecular weight excluding hydrogens is 532 g/mol. The van der Waals surface area contributed by atoms with E-state index in [0.29, 0.717) is 16.8 Å². The summed E-state index contributed by atoms with van der Waals surface area (Å²) in [6.45, 7) is 5.79. The Labute approximate surface area is 234 Å². The molecule has 0 radical (unpaired) electrons. The van der Waals surface area contributed by atoms with Crippen molar-refractivity contribution < 1.29 is 18.0 Å². The number of ketones is 1. The summed E-state index contributed by atoms with van der Waals surface area (Å²) >= 11 is 6.33. The Bertz CT molecular complexity index is 1600. The lowest BCUT2D eigenvalue weighted by molar-refractivity contribution is -0.114. The molecule has 6 nitrogen and oxygen atoms in total. The predicted octanol–water partition coefficient (Wildman–Crippen LogP) is 6.70. The predicted molar refractivity (Wildman–Crippen MR) is 156 cm³/mol. The van der Waals surface area contributed by atoms with Gasteiger partial charge < -0.3 is 5.32 Å². The Balaban J connectivity index is 1.57. The number of nitrogens with one attached hydrogen (secondary N) is 1. The zero-order valence-electron chi connectivity index (χ0n) is 21.9. The topological polar surface area (TPSA) is 83.6 Å². The SMILES string of the molecule is CC(C)(C)c1ccc(C(=O)c2cccc(NC(=O)CN(c3ccccc3Cl)S(=O)(=O)c3ccccc3)c2)cc1. The fraction of sp³-hybridized carbons (Fsp3) is 0.161. The van der Waals surface area contributed by atoms with Gasteiger partial charge in [-0.1, -0.05) is 99.1 Å². The van der Waals surface area contributed by atoms with Crippen molar-refractivity contribution in [3.8, 4) is 0 Å². The summed E-state index contributed by atoms with van der Waals surface area (Å²) in [6, 6.07) is 28.3. The molecule has 0 atom stereocenters. The molecule has 1 amide bonds. The smallest absolute Gasteiger partial charge is 0.264 e. The minimum atomic E-state index is -4.10. The molecule has 0 saturated heterocycles. The highest BCUT2D eigenvalue weighted by Crippen LogP contribution is 2.30. The number of hydrogen-bond acceptors (Lipinski definition) is 4. The van der Waals surface area contributed by atoms with E-state index in [-0.39, 0.29) is 26.8 Å². The summed E-state index contributed by atoms with van der Waals surface area (Å²) in [5.74, 6) is -0.774. The highest BCUT2D eigenvalue weighted by Gasteiger charge is 2.28. The molecule has 0 aliphatic heterocycles. The van der Waals surface area contributed by atoms with Gasteiger partial charge in [-0.05, 0) is 47.4 Å². The highest BCUT2D eigenvalue weighted by molar-refractivity contribution is 7.92. The van der Waals surface area contributed by atoms with Crippen LogP contribution < -0.4 is 9.62 Å². The number of halogens is 1. The van der Waals surface area contributed by atoms with E-state index in [1.54, 1.807) is 78.9 Å². The minimum Gasteiger partial charge on any atom is -0.324 e. The number of rotatable bonds is 8. The third-order valence-corrected chi connectivity index (χ3v) is 8.25. The van der Waals surface area contributed by atoms with Crippen LogP contribution in [0.15, 0.2) is 108 Å². The molecule has 0 spiro atoms. The van der Waals surface area contributed by atoms with Gasteiger partial charge in [0.05, 0.1) is 15.6 Å². The van der Waals surface area contributed by atoms with Crippen molar-refractivity contribution in [2.45, 2.75) is 31.1 Å². The van der Waals surface area contributed by atoms with Gasteiger partial charge in [0, 0.05) is 16.8 Å². The molecule has 4 aromatic rings. The lowest BCUT2D eigenvalue weighted by Gasteiger charge is -2.25. The van der Waals surface area contributed by atoms with E-state index in [1.807, 2.05) is 12.1 Å². The Morgan fingerprint density at radius 2 is 1.44 bits per heavy atom. The number of carbonyl (C=O) groups is 2. The van der Waals surface area contributed by atoms with Gasteiger partial charge in [0.1, 0.15) is 6.54 Å². The maximum atomic E-state index is 13.5. The van der Waals surface area contributed by atoms with Crippen LogP contribution in [0.4, 0.5) is 11.4 Å². The monoisotopic (exact) mass is 560 g/mol. The first-order valence-corrected chi connectivity index (χ1v) is 14.2. The molecule has 8 heteroatoms. The standard InChI is InChI=1S/C31H29ClN2O4S/c1-31(2,3)24-18-16-22(17-19-24)30(36)23-10-9-11-25(20-23)33-29(35)21-34(28-15-8-7-14-27(28)32)39(37,38)26-12-5-4-6-13-26/h4-20H,21H2,1-3H3,(H,33,35). The normalized spacial score (nSPS) is 11.6. The van der Waals surface area contributed by atoms with Gasteiger partial charge in [-0.2, -0.15) is 0 Å². The van der Waals surface area contributed by atoms with E-state index in [2.05, 4.69) is 26.1 Å². The Morgan fingerprint density at radius 1 is 0.795 bits per heavy atom. The van der Waals surface area contributed by atoms with Gasteiger partial charge in [-0.25, -0.2) is 8.42 Å². The van der Waals surface area contributed by atoms with Crippen LogP contribution in [0, 0.1) is 0 Å². The summed E-state index contributed by atoms with van der Waals surface area (Å²) < 4.78 is 28.0. The van der Waals surface area contributed by atoms with Crippen LogP contribution in [0.3, 0.4) is 0 Å². The quantitative estimate of drug-likeness (QED) is 0.243. The van der Waals surface area contributed by atoms with Gasteiger partial charge in [0.15, 0.2) is 5.78 Å². The summed E-state index contributed by atoms with van der Waals surface area (Å²) in [6.07, 6.45) is 0. The van der Waals surface area contributed by atoms with Gasteiger partial charge in [0.25, 0.3) is 10.0 Å². The fourth-order valence-electron chi connectivity index (χ4n) is 4.03. The van der Waals surface area contributed by atoms with Crippen molar-refractivity contribution in [1.82, 2.24) is 0 Å². The fourth-order valence-corrected chi connectivity index (χ4v) is 5.78. The first-order valence-electron chi connectivity index (χ1n) is 12.3. The average molecular weight is 561 g/mol. The van der Waals surface area contributed by atoms with E-state index < -0.39 is 22.5 Å². The zero-order chi connectivity index (χ0) is 28.2. The number of para-hydroxylation sites is 1. The van der Waals surface area contributed by atoms with Crippen molar-refractivity contribution in [3.63, 3.8) is 0 Å². The molecule has 200 valence electrons. The summed E-state index contributed by atoms with van der Waals surface area (Å²) in [5.41, 5.74) is 2.57. The number of amides is 1. The number of nitrogens with zero attached hydrogens (tertiary/aromatic N) is 1. The number of benzene rings is 4. The first-order chi connectivity index (χ1) is 18.5. The van der Waals surface area contributed by atoms with Crippen molar-refractivity contribution in [2.75, 3.05) is 16.2 Å². The van der Waals surface area contributed by atoms with Gasteiger partial charge in [0.2, 0.25) is 5.91 Å². The van der Waals surface area contributed by atoms with Crippen LogP contribution in [-0.2, 0) is 20.2 Å². The maximum Gasteiger partial charge on any atom is 0.264 e. The molecule has 0 aliphatic carbocycles. The van der Waals surface area contributed by atoms with Gasteiger partial charge >= 0.3 is 0 Å². The van der Waals surface area contributed by atoms with Crippen molar-refractivity contribution >= 4 is 44.7 Å². The summed E-state index contributed by atoms with van der Waals surface area (Å²) in [4.78, 5) is 26.3. The zero-order valence-corrected chi connectivity index (χ0v) is 23.5. The highest BCUT2D eigenvalue weighted by atomic mass is 35.5. The third kappa shape index (κ3) is 6.56. The molecule has 0 aromatic heterocycles. The van der Waals surface area contributed by atoms with Gasteiger partial charge in [-0.3, -0.25) is 13.9 Å². The van der Waals surface area contributed by atoms with Crippen LogP contribution in [0.2, 0.25) is 5.02 Å². The molecule has 0 aliphatic rings. The number of anilines is 2. The molecule has 39 heavy (non-hydrogen) atoms. The van der Waals surface area contributed by atoms with Crippen molar-refractivity contribution in [3.05, 3.63) is 125 Å². The van der Waals surface area contributed by atoms with Crippen LogP contribution >= 0.6 is 11.6 Å². The molecular formula is C31H29ClN2O4S. The van der Waals surface area contributed by atoms with E-state index in [4.69, 9.17) is 11.6 Å². The van der Waals surface area contributed by atoms with E-state index >= 15 is 0 Å². The first kappa shape index (κ1) is 28.1. The lowest BCUT2D eigenvalue weighted by Crippen LogP contribution is -2.38.